The highest BCUT2D eigenvalue weighted by Crippen LogP contribution is 2.35. The lowest BCUT2D eigenvalue weighted by Crippen LogP contribution is -2.50. The number of likely N-dealkylation sites (N-methyl/N-ethyl adjacent to an activating group) is 1. The predicted molar refractivity (Wildman–Crippen MR) is 115 cm³/mol. The molecule has 1 N–H and O–H groups in total. The van der Waals surface area contributed by atoms with Crippen molar-refractivity contribution in [2.24, 2.45) is 5.92 Å². The van der Waals surface area contributed by atoms with E-state index in [-0.39, 0.29) is 18.4 Å². The fourth-order valence-electron chi connectivity index (χ4n) is 3.17. The van der Waals surface area contributed by atoms with Crippen LogP contribution in [0.3, 0.4) is 0 Å². The van der Waals surface area contributed by atoms with Crippen molar-refractivity contribution in [3.05, 3.63) is 48.0 Å². The maximum Gasteiger partial charge on any atom is 0.262 e. The molecule has 0 radical (unpaired) electrons. The first kappa shape index (κ1) is 21.5. The van der Waals surface area contributed by atoms with Crippen molar-refractivity contribution in [2.75, 3.05) is 31.7 Å². The van der Waals surface area contributed by atoms with E-state index in [1.807, 2.05) is 19.1 Å². The van der Waals surface area contributed by atoms with Crippen LogP contribution in [-0.2, 0) is 4.79 Å². The number of nitrogens with zero attached hydrogens (tertiary/aromatic N) is 1. The quantitative estimate of drug-likeness (QED) is 0.755. The first-order valence-electron chi connectivity index (χ1n) is 10.1. The van der Waals surface area contributed by atoms with E-state index in [1.54, 1.807) is 42.3 Å². The minimum Gasteiger partial charge on any atom is -0.490 e. The van der Waals surface area contributed by atoms with Crippen molar-refractivity contribution in [3.63, 3.8) is 0 Å². The zero-order chi connectivity index (χ0) is 21.7. The normalized spacial score (nSPS) is 15.2. The maximum atomic E-state index is 13.4. The lowest BCUT2D eigenvalue weighted by molar-refractivity contribution is -0.127. The second-order valence-corrected chi connectivity index (χ2v) is 7.40. The molecule has 1 aliphatic rings. The highest BCUT2D eigenvalue weighted by atomic mass is 16.5. The molecule has 0 unspecified atom stereocenters. The van der Waals surface area contributed by atoms with Gasteiger partial charge >= 0.3 is 0 Å². The second-order valence-electron chi connectivity index (χ2n) is 7.40. The van der Waals surface area contributed by atoms with Gasteiger partial charge < -0.3 is 24.4 Å². The zero-order valence-electron chi connectivity index (χ0n) is 17.8. The monoisotopic (exact) mass is 412 g/mol. The molecule has 1 aliphatic heterocycles. The summed E-state index contributed by atoms with van der Waals surface area (Å²) >= 11 is 0. The van der Waals surface area contributed by atoms with E-state index in [0.29, 0.717) is 47.6 Å². The fraction of sp³-hybridized carbons (Fsp3) is 0.391. The predicted octanol–water partition coefficient (Wildman–Crippen LogP) is 3.27. The molecule has 1 atom stereocenters. The van der Waals surface area contributed by atoms with Crippen molar-refractivity contribution in [2.45, 2.75) is 26.9 Å². The first-order valence-corrected chi connectivity index (χ1v) is 10.1. The van der Waals surface area contributed by atoms with Crippen molar-refractivity contribution < 1.29 is 23.8 Å². The molecular weight excluding hydrogens is 384 g/mol. The van der Waals surface area contributed by atoms with Gasteiger partial charge in [0.25, 0.3) is 11.8 Å². The number of ether oxygens (including phenoxy) is 3. The molecule has 160 valence electrons. The van der Waals surface area contributed by atoms with Crippen molar-refractivity contribution in [3.8, 4) is 17.2 Å². The number of carbonyl (C=O) groups excluding carboxylic acids is 2. The SMILES string of the molecule is CCOc1cc(C(=O)N2C[C@@H](C(=O)NC)Oc3ccccc32)ccc1OCC(C)C. The smallest absolute Gasteiger partial charge is 0.262 e. The highest BCUT2D eigenvalue weighted by molar-refractivity contribution is 6.08. The lowest BCUT2D eigenvalue weighted by atomic mass is 10.1. The van der Waals surface area contributed by atoms with Gasteiger partial charge in [0.2, 0.25) is 0 Å². The minimum absolute atomic E-state index is 0.116. The number of hydrogen-bond donors (Lipinski definition) is 1. The molecule has 30 heavy (non-hydrogen) atoms. The van der Waals surface area contributed by atoms with E-state index < -0.39 is 6.10 Å². The van der Waals surface area contributed by atoms with Gasteiger partial charge in [-0.3, -0.25) is 9.59 Å². The molecule has 2 aromatic rings. The van der Waals surface area contributed by atoms with E-state index in [1.165, 1.54) is 0 Å². The largest absolute Gasteiger partial charge is 0.490 e. The summed E-state index contributed by atoms with van der Waals surface area (Å²) in [6.45, 7) is 7.14. The van der Waals surface area contributed by atoms with Gasteiger partial charge in [0.05, 0.1) is 25.4 Å². The van der Waals surface area contributed by atoms with Crippen LogP contribution < -0.4 is 24.4 Å². The van der Waals surface area contributed by atoms with Gasteiger partial charge in [-0.15, -0.1) is 0 Å². The van der Waals surface area contributed by atoms with Crippen LogP contribution in [0, 0.1) is 5.92 Å². The molecule has 3 rings (SSSR count). The fourth-order valence-corrected chi connectivity index (χ4v) is 3.17. The number of carbonyl (C=O) groups is 2. The summed E-state index contributed by atoms with van der Waals surface area (Å²) in [5, 5.41) is 2.58. The maximum absolute atomic E-state index is 13.4. The first-order chi connectivity index (χ1) is 14.4. The van der Waals surface area contributed by atoms with Crippen LogP contribution in [0.15, 0.2) is 42.5 Å². The summed E-state index contributed by atoms with van der Waals surface area (Å²) in [5.74, 6) is 1.46. The van der Waals surface area contributed by atoms with Gasteiger partial charge in [0.15, 0.2) is 17.6 Å². The van der Waals surface area contributed by atoms with Crippen LogP contribution in [0.4, 0.5) is 5.69 Å². The van der Waals surface area contributed by atoms with Gasteiger partial charge in [-0.1, -0.05) is 26.0 Å². The molecule has 0 spiro atoms. The number of amides is 2. The van der Waals surface area contributed by atoms with E-state index in [2.05, 4.69) is 19.2 Å². The van der Waals surface area contributed by atoms with Crippen molar-refractivity contribution in [1.82, 2.24) is 5.32 Å². The number of rotatable bonds is 7. The Labute approximate surface area is 176 Å². The third-order valence-corrected chi connectivity index (χ3v) is 4.62. The molecule has 0 aliphatic carbocycles. The Hall–Kier alpha value is -3.22. The molecule has 1 heterocycles. The summed E-state index contributed by atoms with van der Waals surface area (Å²) in [4.78, 5) is 27.1. The molecule has 0 fully saturated rings. The van der Waals surface area contributed by atoms with Crippen LogP contribution in [0.1, 0.15) is 31.1 Å². The van der Waals surface area contributed by atoms with E-state index >= 15 is 0 Å². The third-order valence-electron chi connectivity index (χ3n) is 4.62. The molecule has 0 saturated heterocycles. The zero-order valence-corrected chi connectivity index (χ0v) is 17.8. The Bertz CT molecular complexity index is 912. The van der Waals surface area contributed by atoms with Crippen molar-refractivity contribution >= 4 is 17.5 Å². The standard InChI is InChI=1S/C23H28N2O5/c1-5-28-20-12-16(10-11-19(20)29-14-15(2)3)23(27)25-13-21(22(26)24-4)30-18-9-7-6-8-17(18)25/h6-12,15,21H,5,13-14H2,1-4H3,(H,24,26)/t21-/m0/s1. The minimum atomic E-state index is -0.783. The number of hydrogen-bond acceptors (Lipinski definition) is 5. The van der Waals surface area contributed by atoms with Crippen molar-refractivity contribution in [1.29, 1.82) is 0 Å². The van der Waals surface area contributed by atoms with Gasteiger partial charge in [-0.25, -0.2) is 0 Å². The van der Waals surface area contributed by atoms with E-state index in [9.17, 15) is 9.59 Å². The average Bonchev–Trinajstić information content (AvgIpc) is 2.76. The molecule has 2 aromatic carbocycles. The van der Waals surface area contributed by atoms with Crippen LogP contribution in [-0.4, -0.2) is 44.7 Å². The molecule has 0 aromatic heterocycles. The highest BCUT2D eigenvalue weighted by Gasteiger charge is 2.34. The van der Waals surface area contributed by atoms with Crippen LogP contribution >= 0.6 is 0 Å². The molecular formula is C23H28N2O5. The summed E-state index contributed by atoms with van der Waals surface area (Å²) in [6, 6.07) is 12.3. The van der Waals surface area contributed by atoms with Crippen LogP contribution in [0.2, 0.25) is 0 Å². The summed E-state index contributed by atoms with van der Waals surface area (Å²) < 4.78 is 17.3. The number of para-hydroxylation sites is 2. The van der Waals surface area contributed by atoms with Gasteiger partial charge in [0, 0.05) is 12.6 Å². The molecule has 2 amide bonds. The molecule has 0 bridgehead atoms. The second kappa shape index (κ2) is 9.52. The van der Waals surface area contributed by atoms with Crippen LogP contribution in [0.25, 0.3) is 0 Å². The number of benzene rings is 2. The molecule has 7 heteroatoms. The van der Waals surface area contributed by atoms with Gasteiger partial charge in [0.1, 0.15) is 5.75 Å². The third kappa shape index (κ3) is 4.67. The Morgan fingerprint density at radius 2 is 1.93 bits per heavy atom. The number of anilines is 1. The Morgan fingerprint density at radius 3 is 2.63 bits per heavy atom. The number of nitrogens with one attached hydrogen (secondary N) is 1. The van der Waals surface area contributed by atoms with E-state index in [0.717, 1.165) is 0 Å². The Morgan fingerprint density at radius 1 is 1.17 bits per heavy atom. The lowest BCUT2D eigenvalue weighted by Gasteiger charge is -2.34. The molecule has 0 saturated carbocycles. The summed E-state index contributed by atoms with van der Waals surface area (Å²) in [6.07, 6.45) is -0.783. The van der Waals surface area contributed by atoms with E-state index in [4.69, 9.17) is 14.2 Å². The average molecular weight is 412 g/mol. The topological polar surface area (TPSA) is 77.1 Å². The summed E-state index contributed by atoms with van der Waals surface area (Å²) in [5.41, 5.74) is 1.07. The van der Waals surface area contributed by atoms with Crippen LogP contribution in [0.5, 0.6) is 17.2 Å². The molecule has 7 nitrogen and oxygen atoms in total. The Balaban J connectivity index is 1.92. The number of fused-ring (bicyclic) bond motifs is 1. The van der Waals surface area contributed by atoms with Gasteiger partial charge in [-0.05, 0) is 43.2 Å². The Kier molecular flexibility index (Phi) is 6.82. The van der Waals surface area contributed by atoms with Gasteiger partial charge in [-0.2, -0.15) is 0 Å². The summed E-state index contributed by atoms with van der Waals surface area (Å²) in [7, 11) is 1.54.